The SMILES string of the molecule is Cc1ccc(N=Cc2cccc(O)c2O)cc1I. The standard InChI is InChI=1S/C14H12INO2/c1-9-5-6-11(7-12(9)15)16-8-10-3-2-4-13(17)14(10)18/h2-8,17-18H,1H3. The quantitative estimate of drug-likeness (QED) is 0.491. The van der Waals surface area contributed by atoms with E-state index in [1.54, 1.807) is 12.1 Å². The minimum Gasteiger partial charge on any atom is -0.504 e. The van der Waals surface area contributed by atoms with Gasteiger partial charge in [0.05, 0.1) is 5.69 Å². The van der Waals surface area contributed by atoms with Crippen LogP contribution in [0.15, 0.2) is 41.4 Å². The van der Waals surface area contributed by atoms with E-state index in [2.05, 4.69) is 27.6 Å². The number of para-hydroxylation sites is 1. The first-order valence-corrected chi connectivity index (χ1v) is 6.47. The van der Waals surface area contributed by atoms with E-state index in [4.69, 9.17) is 0 Å². The van der Waals surface area contributed by atoms with Gasteiger partial charge in [0, 0.05) is 15.3 Å². The van der Waals surface area contributed by atoms with Crippen LogP contribution in [0.25, 0.3) is 0 Å². The average molecular weight is 353 g/mol. The maximum atomic E-state index is 9.63. The van der Waals surface area contributed by atoms with Gasteiger partial charge in [0.25, 0.3) is 0 Å². The van der Waals surface area contributed by atoms with Gasteiger partial charge >= 0.3 is 0 Å². The highest BCUT2D eigenvalue weighted by molar-refractivity contribution is 14.1. The molecular formula is C14H12INO2. The Morgan fingerprint density at radius 3 is 2.67 bits per heavy atom. The molecule has 92 valence electrons. The van der Waals surface area contributed by atoms with Crippen LogP contribution in [0.1, 0.15) is 11.1 Å². The van der Waals surface area contributed by atoms with Gasteiger partial charge < -0.3 is 10.2 Å². The Kier molecular flexibility index (Phi) is 3.86. The van der Waals surface area contributed by atoms with Gasteiger partial charge in [0.2, 0.25) is 0 Å². The highest BCUT2D eigenvalue weighted by Crippen LogP contribution is 2.27. The van der Waals surface area contributed by atoms with E-state index in [1.807, 2.05) is 25.1 Å². The molecule has 0 heterocycles. The molecule has 2 N–H and O–H groups in total. The fraction of sp³-hybridized carbons (Fsp3) is 0.0714. The zero-order chi connectivity index (χ0) is 13.1. The zero-order valence-corrected chi connectivity index (χ0v) is 11.9. The monoisotopic (exact) mass is 353 g/mol. The molecule has 0 spiro atoms. The van der Waals surface area contributed by atoms with Gasteiger partial charge in [0.15, 0.2) is 11.5 Å². The van der Waals surface area contributed by atoms with E-state index in [9.17, 15) is 10.2 Å². The topological polar surface area (TPSA) is 52.8 Å². The summed E-state index contributed by atoms with van der Waals surface area (Å²) in [7, 11) is 0. The molecule has 0 atom stereocenters. The molecular weight excluding hydrogens is 341 g/mol. The van der Waals surface area contributed by atoms with Gasteiger partial charge in [-0.1, -0.05) is 12.1 Å². The third-order valence-electron chi connectivity index (χ3n) is 2.55. The maximum absolute atomic E-state index is 9.63. The zero-order valence-electron chi connectivity index (χ0n) is 9.76. The van der Waals surface area contributed by atoms with E-state index >= 15 is 0 Å². The lowest BCUT2D eigenvalue weighted by molar-refractivity contribution is 0.403. The largest absolute Gasteiger partial charge is 0.504 e. The van der Waals surface area contributed by atoms with Crippen molar-refractivity contribution in [1.82, 2.24) is 0 Å². The van der Waals surface area contributed by atoms with Crippen LogP contribution >= 0.6 is 22.6 Å². The number of hydrogen-bond donors (Lipinski definition) is 2. The Morgan fingerprint density at radius 1 is 1.17 bits per heavy atom. The molecule has 0 aromatic heterocycles. The predicted molar refractivity (Wildman–Crippen MR) is 80.9 cm³/mol. The van der Waals surface area contributed by atoms with Crippen molar-refractivity contribution in [2.45, 2.75) is 6.92 Å². The Bertz CT molecular complexity index is 609. The number of phenolic OH excluding ortho intramolecular Hbond substituents is 2. The van der Waals surface area contributed by atoms with Gasteiger partial charge in [0.1, 0.15) is 0 Å². The smallest absolute Gasteiger partial charge is 0.166 e. The molecule has 0 fully saturated rings. The molecule has 0 amide bonds. The summed E-state index contributed by atoms with van der Waals surface area (Å²) in [6, 6.07) is 10.7. The lowest BCUT2D eigenvalue weighted by atomic mass is 10.2. The number of halogens is 1. The second kappa shape index (κ2) is 5.39. The number of aromatic hydroxyl groups is 2. The average Bonchev–Trinajstić information content (AvgIpc) is 2.35. The van der Waals surface area contributed by atoms with Crippen molar-refractivity contribution in [1.29, 1.82) is 0 Å². The van der Waals surface area contributed by atoms with Crippen molar-refractivity contribution in [3.8, 4) is 11.5 Å². The van der Waals surface area contributed by atoms with Crippen molar-refractivity contribution in [3.05, 3.63) is 51.1 Å². The molecule has 0 aliphatic heterocycles. The minimum absolute atomic E-state index is 0.141. The second-order valence-electron chi connectivity index (χ2n) is 3.91. The van der Waals surface area contributed by atoms with Crippen LogP contribution in [0.2, 0.25) is 0 Å². The van der Waals surface area contributed by atoms with Crippen LogP contribution in [-0.4, -0.2) is 16.4 Å². The summed E-state index contributed by atoms with van der Waals surface area (Å²) in [5.41, 5.74) is 2.51. The second-order valence-corrected chi connectivity index (χ2v) is 5.07. The Morgan fingerprint density at radius 2 is 1.94 bits per heavy atom. The summed E-state index contributed by atoms with van der Waals surface area (Å²) in [5, 5.41) is 19.0. The van der Waals surface area contributed by atoms with Crippen LogP contribution in [0.5, 0.6) is 11.5 Å². The number of phenols is 2. The first kappa shape index (κ1) is 12.9. The van der Waals surface area contributed by atoms with Crippen LogP contribution in [-0.2, 0) is 0 Å². The fourth-order valence-electron chi connectivity index (χ4n) is 1.46. The number of benzene rings is 2. The van der Waals surface area contributed by atoms with E-state index in [0.717, 1.165) is 9.26 Å². The molecule has 0 saturated carbocycles. The third-order valence-corrected chi connectivity index (χ3v) is 3.72. The molecule has 0 saturated heterocycles. The Hall–Kier alpha value is -1.56. The van der Waals surface area contributed by atoms with Crippen LogP contribution in [0.3, 0.4) is 0 Å². The fourth-order valence-corrected chi connectivity index (χ4v) is 1.96. The number of nitrogens with zero attached hydrogens (tertiary/aromatic N) is 1. The van der Waals surface area contributed by atoms with Gasteiger partial charge in [-0.15, -0.1) is 0 Å². The number of rotatable bonds is 2. The summed E-state index contributed by atoms with van der Waals surface area (Å²) >= 11 is 2.25. The van der Waals surface area contributed by atoms with Crippen LogP contribution < -0.4 is 0 Å². The third kappa shape index (κ3) is 2.81. The van der Waals surface area contributed by atoms with Gasteiger partial charge in [-0.05, 0) is 59.3 Å². The van der Waals surface area contributed by atoms with Gasteiger partial charge in [-0.25, -0.2) is 0 Å². The Labute approximate surface area is 119 Å². The molecule has 18 heavy (non-hydrogen) atoms. The Balaban J connectivity index is 2.30. The van der Waals surface area contributed by atoms with E-state index in [1.165, 1.54) is 17.8 Å². The van der Waals surface area contributed by atoms with Crippen molar-refractivity contribution >= 4 is 34.5 Å². The normalized spacial score (nSPS) is 11.0. The molecule has 2 aromatic carbocycles. The number of aryl methyl sites for hydroxylation is 1. The summed E-state index contributed by atoms with van der Waals surface area (Å²) in [6.45, 7) is 2.04. The number of aliphatic imine (C=N–C) groups is 1. The molecule has 2 rings (SSSR count). The molecule has 0 aliphatic carbocycles. The van der Waals surface area contributed by atoms with E-state index in [-0.39, 0.29) is 11.5 Å². The van der Waals surface area contributed by atoms with Crippen molar-refractivity contribution in [2.75, 3.05) is 0 Å². The van der Waals surface area contributed by atoms with Crippen molar-refractivity contribution < 1.29 is 10.2 Å². The molecule has 4 heteroatoms. The molecule has 0 radical (unpaired) electrons. The molecule has 2 aromatic rings. The van der Waals surface area contributed by atoms with Gasteiger partial charge in [-0.3, -0.25) is 4.99 Å². The first-order valence-electron chi connectivity index (χ1n) is 5.39. The summed E-state index contributed by atoms with van der Waals surface area (Å²) in [6.07, 6.45) is 1.54. The molecule has 3 nitrogen and oxygen atoms in total. The maximum Gasteiger partial charge on any atom is 0.166 e. The summed E-state index contributed by atoms with van der Waals surface area (Å²) in [4.78, 5) is 4.28. The lowest BCUT2D eigenvalue weighted by Gasteiger charge is -2.01. The lowest BCUT2D eigenvalue weighted by Crippen LogP contribution is -1.83. The highest BCUT2D eigenvalue weighted by atomic mass is 127. The van der Waals surface area contributed by atoms with E-state index < -0.39 is 0 Å². The van der Waals surface area contributed by atoms with Crippen molar-refractivity contribution in [2.24, 2.45) is 4.99 Å². The first-order chi connectivity index (χ1) is 8.58. The highest BCUT2D eigenvalue weighted by Gasteiger charge is 2.03. The molecule has 0 bridgehead atoms. The predicted octanol–water partition coefficient (Wildman–Crippen LogP) is 3.76. The van der Waals surface area contributed by atoms with Crippen molar-refractivity contribution in [3.63, 3.8) is 0 Å². The summed E-state index contributed by atoms with van der Waals surface area (Å²) < 4.78 is 1.14. The van der Waals surface area contributed by atoms with Crippen LogP contribution in [0.4, 0.5) is 5.69 Å². The van der Waals surface area contributed by atoms with E-state index in [0.29, 0.717) is 5.56 Å². The number of hydrogen-bond acceptors (Lipinski definition) is 3. The molecule has 0 unspecified atom stereocenters. The molecule has 0 aliphatic rings. The summed E-state index contributed by atoms with van der Waals surface area (Å²) in [5.74, 6) is -0.291. The van der Waals surface area contributed by atoms with Crippen LogP contribution in [0, 0.1) is 10.5 Å². The minimum atomic E-state index is -0.150. The van der Waals surface area contributed by atoms with Gasteiger partial charge in [-0.2, -0.15) is 0 Å².